The van der Waals surface area contributed by atoms with Crippen molar-refractivity contribution in [2.45, 2.75) is 42.5 Å². The van der Waals surface area contributed by atoms with Crippen LogP contribution in [0.15, 0.2) is 29.2 Å². The average Bonchev–Trinajstić information content (AvgIpc) is 3.09. The van der Waals surface area contributed by atoms with Crippen molar-refractivity contribution in [1.82, 2.24) is 0 Å². The van der Waals surface area contributed by atoms with E-state index in [4.69, 9.17) is 18.4 Å². The molecule has 5 atom stereocenters. The first kappa shape index (κ1) is 12.7. The van der Waals surface area contributed by atoms with Gasteiger partial charge < -0.3 is 14.2 Å². The Morgan fingerprint density at radius 3 is 2.65 bits per heavy atom. The van der Waals surface area contributed by atoms with Crippen LogP contribution in [0, 0.1) is 6.92 Å². The van der Waals surface area contributed by atoms with Crippen molar-refractivity contribution in [2.24, 2.45) is 0 Å². The first-order valence-electron chi connectivity index (χ1n) is 6.47. The van der Waals surface area contributed by atoms with Gasteiger partial charge in [-0.2, -0.15) is 8.42 Å². The monoisotopic (exact) mass is 298 g/mol. The van der Waals surface area contributed by atoms with Gasteiger partial charge in [0.2, 0.25) is 0 Å². The Kier molecular flexibility index (Phi) is 2.71. The van der Waals surface area contributed by atoms with Crippen LogP contribution in [0.4, 0.5) is 0 Å². The summed E-state index contributed by atoms with van der Waals surface area (Å²) in [4.78, 5) is 0.125. The van der Waals surface area contributed by atoms with E-state index in [0.29, 0.717) is 6.61 Å². The highest BCUT2D eigenvalue weighted by Gasteiger charge is 2.63. The highest BCUT2D eigenvalue weighted by molar-refractivity contribution is 7.86. The molecule has 1 aromatic carbocycles. The second-order valence-corrected chi connectivity index (χ2v) is 6.84. The third-order valence-corrected chi connectivity index (χ3v) is 5.13. The lowest BCUT2D eigenvalue weighted by Gasteiger charge is -2.23. The number of hydrogen-bond donors (Lipinski definition) is 0. The van der Waals surface area contributed by atoms with Crippen molar-refractivity contribution in [3.05, 3.63) is 29.8 Å². The fraction of sp³-hybridized carbons (Fsp3) is 0.538. The molecule has 0 saturated carbocycles. The van der Waals surface area contributed by atoms with E-state index in [2.05, 4.69) is 0 Å². The first-order chi connectivity index (χ1) is 9.54. The maximum absolute atomic E-state index is 12.3. The number of fused-ring (bicyclic) bond motifs is 4. The summed E-state index contributed by atoms with van der Waals surface area (Å²) in [5.41, 5.74) is 0.984. The molecule has 4 rings (SSSR count). The number of epoxide rings is 1. The van der Waals surface area contributed by atoms with Crippen LogP contribution in [0.1, 0.15) is 5.56 Å². The van der Waals surface area contributed by atoms with E-state index in [1.807, 2.05) is 6.92 Å². The van der Waals surface area contributed by atoms with Crippen LogP contribution in [0.5, 0.6) is 0 Å². The van der Waals surface area contributed by atoms with Gasteiger partial charge in [0.25, 0.3) is 10.1 Å². The molecule has 3 aliphatic heterocycles. The fourth-order valence-electron chi connectivity index (χ4n) is 2.65. The predicted molar refractivity (Wildman–Crippen MR) is 66.5 cm³/mol. The number of hydrogen-bond acceptors (Lipinski definition) is 6. The van der Waals surface area contributed by atoms with Crippen LogP contribution in [-0.2, 0) is 28.5 Å². The van der Waals surface area contributed by atoms with E-state index in [0.717, 1.165) is 5.56 Å². The molecule has 1 unspecified atom stereocenters. The number of rotatable bonds is 3. The average molecular weight is 298 g/mol. The highest BCUT2D eigenvalue weighted by atomic mass is 32.2. The molecule has 3 fully saturated rings. The molecule has 108 valence electrons. The van der Waals surface area contributed by atoms with Crippen molar-refractivity contribution in [3.8, 4) is 0 Å². The standard InChI is InChI=1S/C13H14O6S/c1-7-2-4-8(5-3-7)20(14,15)19-12-11-10(18-11)9-6-16-13(12)17-9/h2-5,9-13H,6H2,1H3/t9?,10-,11+,12+,13+/m0/s1. The molecule has 20 heavy (non-hydrogen) atoms. The SMILES string of the molecule is Cc1ccc(S(=O)(=O)O[C@H]2[C@@H]3OCC(O3)[C@@H]3O[C@@H]23)cc1. The zero-order valence-electron chi connectivity index (χ0n) is 10.8. The zero-order chi connectivity index (χ0) is 13.9. The number of ether oxygens (including phenoxy) is 3. The maximum atomic E-state index is 12.3. The smallest absolute Gasteiger partial charge is 0.297 e. The lowest BCUT2D eigenvalue weighted by molar-refractivity contribution is -0.133. The lowest BCUT2D eigenvalue weighted by atomic mass is 10.1. The van der Waals surface area contributed by atoms with Gasteiger partial charge in [-0.25, -0.2) is 0 Å². The molecule has 0 aromatic heterocycles. The molecule has 0 radical (unpaired) electrons. The van der Waals surface area contributed by atoms with Gasteiger partial charge in [-0.05, 0) is 19.1 Å². The van der Waals surface area contributed by atoms with Gasteiger partial charge >= 0.3 is 0 Å². The minimum absolute atomic E-state index is 0.0908. The van der Waals surface area contributed by atoms with Crippen LogP contribution >= 0.6 is 0 Å². The zero-order valence-corrected chi connectivity index (χ0v) is 11.6. The van der Waals surface area contributed by atoms with Crippen LogP contribution < -0.4 is 0 Å². The lowest BCUT2D eigenvalue weighted by Crippen LogP contribution is -2.42. The summed E-state index contributed by atoms with van der Waals surface area (Å²) in [5.74, 6) is 0. The molecule has 3 heterocycles. The Labute approximate surface area is 116 Å². The van der Waals surface area contributed by atoms with Crippen molar-refractivity contribution in [2.75, 3.05) is 6.61 Å². The summed E-state index contributed by atoms with van der Waals surface area (Å²) < 4.78 is 46.2. The number of benzene rings is 1. The molecule has 3 aliphatic rings. The molecule has 0 aliphatic carbocycles. The molecule has 2 bridgehead atoms. The molecule has 0 amide bonds. The third kappa shape index (κ3) is 1.97. The molecular formula is C13H14O6S. The normalized spacial score (nSPS) is 38.5. The molecular weight excluding hydrogens is 284 g/mol. The summed E-state index contributed by atoms with van der Waals surface area (Å²) >= 11 is 0. The van der Waals surface area contributed by atoms with Crippen molar-refractivity contribution in [3.63, 3.8) is 0 Å². The molecule has 6 nitrogen and oxygen atoms in total. The number of aryl methyl sites for hydroxylation is 1. The van der Waals surface area contributed by atoms with E-state index in [1.165, 1.54) is 12.1 Å². The molecule has 0 spiro atoms. The van der Waals surface area contributed by atoms with E-state index in [1.54, 1.807) is 12.1 Å². The van der Waals surface area contributed by atoms with E-state index in [9.17, 15) is 8.42 Å². The van der Waals surface area contributed by atoms with Gasteiger partial charge in [-0.1, -0.05) is 17.7 Å². The van der Waals surface area contributed by atoms with Gasteiger partial charge in [0.15, 0.2) is 12.4 Å². The van der Waals surface area contributed by atoms with Crippen molar-refractivity contribution < 1.29 is 26.8 Å². The van der Waals surface area contributed by atoms with Crippen LogP contribution in [-0.4, -0.2) is 45.7 Å². The topological polar surface area (TPSA) is 74.4 Å². The van der Waals surface area contributed by atoms with E-state index < -0.39 is 22.5 Å². The second kappa shape index (κ2) is 4.25. The summed E-state index contributed by atoms with van der Waals surface area (Å²) in [6.45, 7) is 2.32. The molecule has 0 N–H and O–H groups in total. The van der Waals surface area contributed by atoms with Crippen molar-refractivity contribution >= 4 is 10.1 Å². The fourth-order valence-corrected chi connectivity index (χ4v) is 3.72. The summed E-state index contributed by atoms with van der Waals surface area (Å²) in [6.07, 6.45) is -1.84. The van der Waals surface area contributed by atoms with Crippen LogP contribution in [0.3, 0.4) is 0 Å². The predicted octanol–water partition coefficient (Wildman–Crippen LogP) is 0.591. The largest absolute Gasteiger partial charge is 0.364 e. The molecule has 1 aromatic rings. The Hall–Kier alpha value is -0.990. The third-order valence-electron chi connectivity index (χ3n) is 3.80. The minimum Gasteiger partial charge on any atom is -0.364 e. The van der Waals surface area contributed by atoms with Gasteiger partial charge in [0.05, 0.1) is 11.5 Å². The summed E-state index contributed by atoms with van der Waals surface area (Å²) in [5, 5.41) is 0. The van der Waals surface area contributed by atoms with Crippen LogP contribution in [0.25, 0.3) is 0 Å². The second-order valence-electron chi connectivity index (χ2n) is 5.27. The Bertz CT molecular complexity index is 625. The van der Waals surface area contributed by atoms with Gasteiger partial charge in [0, 0.05) is 0 Å². The highest BCUT2D eigenvalue weighted by Crippen LogP contribution is 2.43. The van der Waals surface area contributed by atoms with E-state index in [-0.39, 0.29) is 23.2 Å². The quantitative estimate of drug-likeness (QED) is 0.600. The van der Waals surface area contributed by atoms with Crippen LogP contribution in [0.2, 0.25) is 0 Å². The van der Waals surface area contributed by atoms with E-state index >= 15 is 0 Å². The Morgan fingerprint density at radius 2 is 1.90 bits per heavy atom. The maximum Gasteiger partial charge on any atom is 0.297 e. The van der Waals surface area contributed by atoms with Gasteiger partial charge in [-0.3, -0.25) is 4.18 Å². The first-order valence-corrected chi connectivity index (χ1v) is 7.88. The Morgan fingerprint density at radius 1 is 1.15 bits per heavy atom. The molecule has 3 saturated heterocycles. The minimum atomic E-state index is -3.85. The van der Waals surface area contributed by atoms with Crippen molar-refractivity contribution in [1.29, 1.82) is 0 Å². The summed E-state index contributed by atoms with van der Waals surface area (Å²) in [7, 11) is -3.85. The van der Waals surface area contributed by atoms with Gasteiger partial charge in [-0.15, -0.1) is 0 Å². The molecule has 7 heteroatoms. The summed E-state index contributed by atoms with van der Waals surface area (Å²) in [6, 6.07) is 6.51. The Balaban J connectivity index is 1.57. The van der Waals surface area contributed by atoms with Gasteiger partial charge in [0.1, 0.15) is 18.3 Å².